The van der Waals surface area contributed by atoms with E-state index in [1.165, 1.54) is 16.7 Å². The van der Waals surface area contributed by atoms with E-state index >= 15 is 0 Å². The van der Waals surface area contributed by atoms with Crippen molar-refractivity contribution < 1.29 is 14.6 Å². The van der Waals surface area contributed by atoms with Crippen LogP contribution in [0.25, 0.3) is 5.70 Å². The van der Waals surface area contributed by atoms with Crippen molar-refractivity contribution in [2.45, 2.75) is 19.4 Å². The number of carbonyl (C=O) groups is 1. The molecule has 0 fully saturated rings. The van der Waals surface area contributed by atoms with E-state index in [0.29, 0.717) is 17.0 Å². The number of aromatic carboxylic acids is 1. The average Bonchev–Trinajstić information content (AvgIpc) is 2.45. The predicted molar refractivity (Wildman–Crippen MR) is 80.0 cm³/mol. The number of fused-ring (bicyclic) bond motifs is 1. The number of pyridine rings is 2. The Hall–Kier alpha value is -2.89. The molecule has 2 aromatic rings. The van der Waals surface area contributed by atoms with Crippen LogP contribution in [-0.4, -0.2) is 26.2 Å². The van der Waals surface area contributed by atoms with Gasteiger partial charge in [-0.05, 0) is 38.1 Å². The van der Waals surface area contributed by atoms with Crippen molar-refractivity contribution in [1.82, 2.24) is 9.55 Å². The Bertz CT molecular complexity index is 849. The number of hydrogen-bond donors (Lipinski definition) is 1. The van der Waals surface area contributed by atoms with Gasteiger partial charge in [0.1, 0.15) is 16.9 Å². The Kier molecular flexibility index (Phi) is 3.09. The fraction of sp³-hybridized carbons (Fsp3) is 0.188. The van der Waals surface area contributed by atoms with Gasteiger partial charge >= 0.3 is 5.97 Å². The third-order valence-corrected chi connectivity index (χ3v) is 3.35. The van der Waals surface area contributed by atoms with Crippen molar-refractivity contribution in [1.29, 1.82) is 0 Å². The molecule has 0 bridgehead atoms. The normalized spacial score (nSPS) is 15.5. The molecule has 0 radical (unpaired) electrons. The molecule has 3 rings (SSSR count). The Balaban J connectivity index is 2.27. The van der Waals surface area contributed by atoms with Gasteiger partial charge in [0, 0.05) is 18.0 Å². The van der Waals surface area contributed by atoms with E-state index in [-0.39, 0.29) is 5.56 Å². The quantitative estimate of drug-likeness (QED) is 0.917. The first-order chi connectivity index (χ1) is 10.4. The number of aromatic nitrogens is 2. The van der Waals surface area contributed by atoms with Crippen LogP contribution in [0.1, 0.15) is 29.8 Å². The molecule has 6 heteroatoms. The first kappa shape index (κ1) is 14.1. The van der Waals surface area contributed by atoms with Crippen molar-refractivity contribution in [3.05, 3.63) is 64.3 Å². The molecule has 0 aromatic carbocycles. The van der Waals surface area contributed by atoms with Crippen molar-refractivity contribution in [2.24, 2.45) is 0 Å². The lowest BCUT2D eigenvalue weighted by Gasteiger charge is -2.31. The van der Waals surface area contributed by atoms with Crippen LogP contribution in [0.15, 0.2) is 47.7 Å². The lowest BCUT2D eigenvalue weighted by molar-refractivity contribution is 0.0694. The van der Waals surface area contributed by atoms with E-state index in [9.17, 15) is 9.59 Å². The van der Waals surface area contributed by atoms with Gasteiger partial charge < -0.3 is 9.84 Å². The van der Waals surface area contributed by atoms with Crippen LogP contribution in [-0.2, 0) is 0 Å². The maximum Gasteiger partial charge on any atom is 0.341 e. The fourth-order valence-corrected chi connectivity index (χ4v) is 2.44. The second-order valence-corrected chi connectivity index (χ2v) is 5.51. The van der Waals surface area contributed by atoms with Crippen molar-refractivity contribution >= 4 is 11.7 Å². The molecular weight excluding hydrogens is 284 g/mol. The van der Waals surface area contributed by atoms with Crippen LogP contribution in [0.5, 0.6) is 5.75 Å². The topological polar surface area (TPSA) is 81.4 Å². The third-order valence-electron chi connectivity index (χ3n) is 3.35. The minimum absolute atomic E-state index is 0.275. The summed E-state index contributed by atoms with van der Waals surface area (Å²) in [5.41, 5.74) is -0.213. The van der Waals surface area contributed by atoms with E-state index in [1.807, 2.05) is 13.8 Å². The Morgan fingerprint density at radius 2 is 2.14 bits per heavy atom. The largest absolute Gasteiger partial charge is 0.481 e. The van der Waals surface area contributed by atoms with Crippen LogP contribution < -0.4 is 10.3 Å². The van der Waals surface area contributed by atoms with Gasteiger partial charge in [-0.3, -0.25) is 14.3 Å². The van der Waals surface area contributed by atoms with Crippen molar-refractivity contribution in [3.63, 3.8) is 0 Å². The standard InChI is InChI=1S/C16H14N2O4/c1-16(2)8-12(10-5-6-17-9-13(10)22-16)18-7-3-4-11(14(18)19)15(20)21/h3-9H,1-2H3,(H,20,21). The fourth-order valence-electron chi connectivity index (χ4n) is 2.44. The molecule has 1 N–H and O–H groups in total. The van der Waals surface area contributed by atoms with Gasteiger partial charge in [-0.1, -0.05) is 0 Å². The Morgan fingerprint density at radius 1 is 1.36 bits per heavy atom. The van der Waals surface area contributed by atoms with E-state index in [1.54, 1.807) is 30.7 Å². The summed E-state index contributed by atoms with van der Waals surface area (Å²) in [7, 11) is 0. The van der Waals surface area contributed by atoms with Gasteiger partial charge in [0.2, 0.25) is 0 Å². The van der Waals surface area contributed by atoms with Gasteiger partial charge in [-0.15, -0.1) is 0 Å². The molecule has 0 amide bonds. The van der Waals surface area contributed by atoms with Crippen LogP contribution >= 0.6 is 0 Å². The maximum absolute atomic E-state index is 12.4. The van der Waals surface area contributed by atoms with Crippen molar-refractivity contribution in [2.75, 3.05) is 0 Å². The molecule has 0 spiro atoms. The highest BCUT2D eigenvalue weighted by Crippen LogP contribution is 2.35. The summed E-state index contributed by atoms with van der Waals surface area (Å²) in [6, 6.07) is 4.56. The summed E-state index contributed by atoms with van der Waals surface area (Å²) in [4.78, 5) is 27.6. The Morgan fingerprint density at radius 3 is 2.86 bits per heavy atom. The zero-order chi connectivity index (χ0) is 15.9. The third kappa shape index (κ3) is 2.28. The second kappa shape index (κ2) is 4.84. The smallest absolute Gasteiger partial charge is 0.341 e. The van der Waals surface area contributed by atoms with Crippen molar-refractivity contribution in [3.8, 4) is 5.75 Å². The SMILES string of the molecule is CC1(C)C=C(n2cccc(C(=O)O)c2=O)c2ccncc2O1. The molecule has 0 unspecified atom stereocenters. The molecule has 0 atom stereocenters. The molecule has 0 saturated carbocycles. The van der Waals surface area contributed by atoms with Gasteiger partial charge in [-0.25, -0.2) is 4.79 Å². The van der Waals surface area contributed by atoms with E-state index in [0.717, 1.165) is 0 Å². The molecule has 2 aromatic heterocycles. The van der Waals surface area contributed by atoms with Crippen LogP contribution in [0.2, 0.25) is 0 Å². The Labute approximate surface area is 126 Å². The summed E-state index contributed by atoms with van der Waals surface area (Å²) in [5.74, 6) is -0.696. The summed E-state index contributed by atoms with van der Waals surface area (Å²) in [5, 5.41) is 9.12. The lowest BCUT2D eigenvalue weighted by Crippen LogP contribution is -2.33. The van der Waals surface area contributed by atoms with Crippen LogP contribution in [0, 0.1) is 0 Å². The molecule has 1 aliphatic rings. The van der Waals surface area contributed by atoms with Gasteiger partial charge in [0.05, 0.1) is 11.9 Å². The van der Waals surface area contributed by atoms with Gasteiger partial charge in [-0.2, -0.15) is 0 Å². The number of nitrogens with zero attached hydrogens (tertiary/aromatic N) is 2. The first-order valence-corrected chi connectivity index (χ1v) is 6.71. The van der Waals surface area contributed by atoms with Gasteiger partial charge in [0.25, 0.3) is 5.56 Å². The second-order valence-electron chi connectivity index (χ2n) is 5.51. The summed E-state index contributed by atoms with van der Waals surface area (Å²) in [6.07, 6.45) is 6.52. The minimum atomic E-state index is -1.25. The molecule has 0 aliphatic carbocycles. The zero-order valence-electron chi connectivity index (χ0n) is 12.1. The lowest BCUT2D eigenvalue weighted by atomic mass is 10.00. The van der Waals surface area contributed by atoms with E-state index in [2.05, 4.69) is 4.98 Å². The highest BCUT2D eigenvalue weighted by Gasteiger charge is 2.28. The van der Waals surface area contributed by atoms with Crippen LogP contribution in [0.4, 0.5) is 0 Å². The zero-order valence-corrected chi connectivity index (χ0v) is 12.1. The number of carboxylic acids is 1. The maximum atomic E-state index is 12.4. The van der Waals surface area contributed by atoms with E-state index < -0.39 is 17.1 Å². The number of carboxylic acid groups (broad SMARTS) is 1. The molecule has 0 saturated heterocycles. The molecule has 112 valence electrons. The molecule has 3 heterocycles. The number of hydrogen-bond acceptors (Lipinski definition) is 4. The highest BCUT2D eigenvalue weighted by atomic mass is 16.5. The molecule has 6 nitrogen and oxygen atoms in total. The average molecular weight is 298 g/mol. The van der Waals surface area contributed by atoms with Crippen LogP contribution in [0.3, 0.4) is 0 Å². The van der Waals surface area contributed by atoms with E-state index in [4.69, 9.17) is 9.84 Å². The minimum Gasteiger partial charge on any atom is -0.481 e. The monoisotopic (exact) mass is 298 g/mol. The highest BCUT2D eigenvalue weighted by molar-refractivity contribution is 5.87. The predicted octanol–water partition coefficient (Wildman–Crippen LogP) is 2.00. The summed E-state index contributed by atoms with van der Waals surface area (Å²) < 4.78 is 7.14. The number of rotatable bonds is 2. The summed E-state index contributed by atoms with van der Waals surface area (Å²) >= 11 is 0. The van der Waals surface area contributed by atoms with Gasteiger partial charge in [0.15, 0.2) is 0 Å². The summed E-state index contributed by atoms with van der Waals surface area (Å²) in [6.45, 7) is 3.71. The molecule has 22 heavy (non-hydrogen) atoms. The molecular formula is C16H14N2O4. The molecule has 1 aliphatic heterocycles. The first-order valence-electron chi connectivity index (χ1n) is 6.71. The number of ether oxygens (including phenoxy) is 1.